The summed E-state index contributed by atoms with van der Waals surface area (Å²) < 4.78 is 0. The Labute approximate surface area is 134 Å². The third-order valence-electron chi connectivity index (χ3n) is 3.70. The zero-order chi connectivity index (χ0) is 16.5. The van der Waals surface area contributed by atoms with Gasteiger partial charge in [0, 0.05) is 6.21 Å². The molecule has 1 rings (SSSR count). The van der Waals surface area contributed by atoms with E-state index in [9.17, 15) is 0 Å². The van der Waals surface area contributed by atoms with Crippen LogP contribution in [-0.2, 0) is 0 Å². The molecule has 0 unspecified atom stereocenters. The molecule has 0 saturated carbocycles. The predicted molar refractivity (Wildman–Crippen MR) is 100 cm³/mol. The van der Waals surface area contributed by atoms with Crippen LogP contribution in [0.4, 0.5) is 0 Å². The van der Waals surface area contributed by atoms with Gasteiger partial charge >= 0.3 is 0 Å². The fraction of sp³-hybridized carbons (Fsp3) is 0.842. The lowest BCUT2D eigenvalue weighted by molar-refractivity contribution is 0.585. The Balaban J connectivity index is 3.29. The summed E-state index contributed by atoms with van der Waals surface area (Å²) >= 11 is 0. The normalized spacial score (nSPS) is 19.0. The minimum atomic E-state index is -0.159. The van der Waals surface area contributed by atoms with Gasteiger partial charge in [0.05, 0.1) is 5.54 Å². The molecule has 0 aromatic heterocycles. The van der Waals surface area contributed by atoms with Crippen LogP contribution in [0.3, 0.4) is 0 Å². The maximum Gasteiger partial charge on any atom is 0.0524 e. The maximum absolute atomic E-state index is 4.80. The van der Waals surface area contributed by atoms with Gasteiger partial charge in [0.2, 0.25) is 0 Å². The summed E-state index contributed by atoms with van der Waals surface area (Å²) in [7, 11) is -0.159. The van der Waals surface area contributed by atoms with Crippen LogP contribution >= 0.6 is 7.92 Å². The van der Waals surface area contributed by atoms with Crippen LogP contribution in [0.5, 0.6) is 0 Å². The minimum absolute atomic E-state index is 0.0295. The molecule has 0 aromatic rings. The molecular weight excluding hydrogens is 273 g/mol. The van der Waals surface area contributed by atoms with Gasteiger partial charge in [-0.3, -0.25) is 4.99 Å². The van der Waals surface area contributed by atoms with E-state index >= 15 is 0 Å². The Morgan fingerprint density at radius 1 is 0.810 bits per heavy atom. The summed E-state index contributed by atoms with van der Waals surface area (Å²) in [6.45, 7) is 21.1. The van der Waals surface area contributed by atoms with Crippen molar-refractivity contribution >= 4 is 14.1 Å². The van der Waals surface area contributed by atoms with Gasteiger partial charge in [-0.05, 0) is 67.7 Å². The molecule has 0 aliphatic heterocycles. The molecule has 0 amide bonds. The first-order chi connectivity index (χ1) is 9.32. The molecule has 0 spiro atoms. The number of nitrogens with zero attached hydrogens (tertiary/aromatic N) is 1. The van der Waals surface area contributed by atoms with Crippen molar-refractivity contribution in [3.8, 4) is 0 Å². The summed E-state index contributed by atoms with van der Waals surface area (Å²) in [5, 5.41) is 2.46. The van der Waals surface area contributed by atoms with Crippen LogP contribution < -0.4 is 0 Å². The molecular formula is C19H36NP. The summed E-state index contributed by atoms with van der Waals surface area (Å²) in [5.74, 6) is 0. The standard InChI is InChI=1S/C19H36NP/c1-17(2,3)20-14-15-12-10-11-13-16(15)21(18(4,5)6)19(7,8)9/h14H,10-13H2,1-9H3. The summed E-state index contributed by atoms with van der Waals surface area (Å²) in [6.07, 6.45) is 7.40. The second-order valence-electron chi connectivity index (χ2n) is 9.29. The van der Waals surface area contributed by atoms with Gasteiger partial charge in [-0.2, -0.15) is 0 Å². The van der Waals surface area contributed by atoms with E-state index in [0.29, 0.717) is 10.3 Å². The second kappa shape index (κ2) is 6.53. The highest BCUT2D eigenvalue weighted by Crippen LogP contribution is 2.67. The van der Waals surface area contributed by atoms with Crippen molar-refractivity contribution in [1.29, 1.82) is 0 Å². The van der Waals surface area contributed by atoms with Crippen molar-refractivity contribution in [3.05, 3.63) is 10.9 Å². The van der Waals surface area contributed by atoms with E-state index in [1.54, 1.807) is 10.9 Å². The van der Waals surface area contributed by atoms with Crippen LogP contribution in [0.15, 0.2) is 15.9 Å². The summed E-state index contributed by atoms with van der Waals surface area (Å²) in [6, 6.07) is 0. The molecule has 0 fully saturated rings. The van der Waals surface area contributed by atoms with Crippen molar-refractivity contribution in [3.63, 3.8) is 0 Å². The lowest BCUT2D eigenvalue weighted by Gasteiger charge is -2.45. The van der Waals surface area contributed by atoms with E-state index in [2.05, 4.69) is 68.5 Å². The van der Waals surface area contributed by atoms with Crippen molar-refractivity contribution in [2.45, 2.75) is 104 Å². The first-order valence-electron chi connectivity index (χ1n) is 8.40. The quantitative estimate of drug-likeness (QED) is 0.394. The molecule has 0 saturated heterocycles. The van der Waals surface area contributed by atoms with E-state index in [0.717, 1.165) is 0 Å². The highest BCUT2D eigenvalue weighted by atomic mass is 31.1. The van der Waals surface area contributed by atoms with Gasteiger partial charge in [-0.25, -0.2) is 0 Å². The van der Waals surface area contributed by atoms with Crippen LogP contribution in [0, 0.1) is 0 Å². The number of allylic oxidation sites excluding steroid dienone is 2. The number of aliphatic imine (C=N–C) groups is 1. The lowest BCUT2D eigenvalue weighted by atomic mass is 9.99. The van der Waals surface area contributed by atoms with E-state index < -0.39 is 0 Å². The monoisotopic (exact) mass is 309 g/mol. The van der Waals surface area contributed by atoms with Crippen LogP contribution in [0.2, 0.25) is 0 Å². The van der Waals surface area contributed by atoms with E-state index in [4.69, 9.17) is 4.99 Å². The molecule has 1 aliphatic carbocycles. The lowest BCUT2D eigenvalue weighted by Crippen LogP contribution is -2.27. The van der Waals surface area contributed by atoms with Crippen molar-refractivity contribution in [2.75, 3.05) is 0 Å². The molecule has 0 atom stereocenters. The smallest absolute Gasteiger partial charge is 0.0524 e. The molecule has 1 nitrogen and oxygen atoms in total. The predicted octanol–water partition coefficient (Wildman–Crippen LogP) is 6.76. The van der Waals surface area contributed by atoms with Gasteiger partial charge in [0.25, 0.3) is 0 Å². The van der Waals surface area contributed by atoms with Crippen molar-refractivity contribution in [1.82, 2.24) is 0 Å². The molecule has 0 radical (unpaired) electrons. The molecule has 1 aliphatic rings. The molecule has 2 heteroatoms. The van der Waals surface area contributed by atoms with E-state index in [1.165, 1.54) is 25.7 Å². The first-order valence-corrected chi connectivity index (χ1v) is 9.74. The van der Waals surface area contributed by atoms with Crippen LogP contribution in [0.1, 0.15) is 88.0 Å². The van der Waals surface area contributed by atoms with E-state index in [1.807, 2.05) is 0 Å². The summed E-state index contributed by atoms with van der Waals surface area (Å²) in [5.41, 5.74) is 1.58. The highest BCUT2D eigenvalue weighted by Gasteiger charge is 2.38. The third-order valence-corrected chi connectivity index (χ3v) is 7.43. The van der Waals surface area contributed by atoms with Gasteiger partial charge in [0.1, 0.15) is 0 Å². The van der Waals surface area contributed by atoms with Gasteiger partial charge in [-0.1, -0.05) is 49.5 Å². The fourth-order valence-electron chi connectivity index (χ4n) is 3.39. The number of hydrogen-bond acceptors (Lipinski definition) is 1. The van der Waals surface area contributed by atoms with Crippen molar-refractivity contribution in [2.24, 2.45) is 4.99 Å². The third kappa shape index (κ3) is 5.85. The summed E-state index contributed by atoms with van der Waals surface area (Å²) in [4.78, 5) is 4.80. The second-order valence-corrected chi connectivity index (χ2v) is 13.2. The Kier molecular flexibility index (Phi) is 5.87. The van der Waals surface area contributed by atoms with Gasteiger partial charge in [-0.15, -0.1) is 0 Å². The minimum Gasteiger partial charge on any atom is -0.287 e. The average molecular weight is 309 g/mol. The van der Waals surface area contributed by atoms with Gasteiger partial charge in [0.15, 0.2) is 0 Å². The van der Waals surface area contributed by atoms with Crippen molar-refractivity contribution < 1.29 is 0 Å². The number of rotatable bonds is 2. The average Bonchev–Trinajstić information content (AvgIpc) is 2.22. The largest absolute Gasteiger partial charge is 0.287 e. The van der Waals surface area contributed by atoms with Crippen LogP contribution in [0.25, 0.3) is 0 Å². The molecule has 0 heterocycles. The Morgan fingerprint density at radius 3 is 1.71 bits per heavy atom. The van der Waals surface area contributed by atoms with Gasteiger partial charge < -0.3 is 0 Å². The van der Waals surface area contributed by atoms with Crippen LogP contribution in [-0.4, -0.2) is 22.1 Å². The first kappa shape index (κ1) is 18.9. The zero-order valence-electron chi connectivity index (χ0n) is 15.8. The van der Waals surface area contributed by atoms with E-state index in [-0.39, 0.29) is 13.5 Å². The molecule has 122 valence electrons. The number of hydrogen-bond donors (Lipinski definition) is 0. The fourth-order valence-corrected chi connectivity index (χ4v) is 7.87. The molecule has 0 aromatic carbocycles. The molecule has 0 N–H and O–H groups in total. The Morgan fingerprint density at radius 2 is 1.29 bits per heavy atom. The zero-order valence-corrected chi connectivity index (χ0v) is 16.7. The highest BCUT2D eigenvalue weighted by molar-refractivity contribution is 7.65. The maximum atomic E-state index is 4.80. The molecule has 0 bridgehead atoms. The Hall–Kier alpha value is -0.160. The topological polar surface area (TPSA) is 12.4 Å². The SMILES string of the molecule is CC(C)(C)N=CC1=C(P(C(C)(C)C)C(C)(C)C)CCCC1. The molecule has 21 heavy (non-hydrogen) atoms. The Bertz CT molecular complexity index is 396.